The fourth-order valence-corrected chi connectivity index (χ4v) is 6.48. The van der Waals surface area contributed by atoms with Gasteiger partial charge >= 0.3 is 0 Å². The first-order valence-electron chi connectivity index (χ1n) is 19.0. The third kappa shape index (κ3) is 34.0. The van der Waals surface area contributed by atoms with Crippen molar-refractivity contribution in [2.24, 2.45) is 0 Å². The zero-order valence-electron chi connectivity index (χ0n) is 29.5. The van der Waals surface area contributed by atoms with Crippen molar-refractivity contribution in [3.05, 3.63) is 24.3 Å². The van der Waals surface area contributed by atoms with Gasteiger partial charge in [0, 0.05) is 6.42 Å². The molecule has 0 heterocycles. The molecule has 0 saturated heterocycles. The number of aliphatic hydroxyl groups is 1. The number of rotatable bonds is 34. The molecule has 0 aromatic rings. The van der Waals surface area contributed by atoms with Crippen molar-refractivity contribution >= 4 is 16.0 Å². The molecule has 2 atom stereocenters. The Bertz CT molecular complexity index is 811. The average molecular weight is 656 g/mol. The monoisotopic (exact) mass is 656 g/mol. The van der Waals surface area contributed by atoms with Crippen molar-refractivity contribution in [1.29, 1.82) is 0 Å². The Labute approximate surface area is 279 Å². The fraction of sp³-hybridized carbons (Fsp3) is 0.868. The SMILES string of the molecule is CCC/C=C\CCCCCCCC(=O)NC(CS(=O)(=O)O)C(O)/C=C/CCCCCCCCCCCCCCCCCCCC. The molecular formula is C38H73NO5S. The van der Waals surface area contributed by atoms with Crippen LogP contribution in [0, 0.1) is 0 Å². The van der Waals surface area contributed by atoms with Gasteiger partial charge in [-0.25, -0.2) is 0 Å². The van der Waals surface area contributed by atoms with E-state index in [1.807, 2.05) is 6.08 Å². The molecule has 3 N–H and O–H groups in total. The van der Waals surface area contributed by atoms with Gasteiger partial charge in [0.1, 0.15) is 0 Å². The molecule has 0 fully saturated rings. The summed E-state index contributed by atoms with van der Waals surface area (Å²) in [5.74, 6) is -0.989. The van der Waals surface area contributed by atoms with Crippen molar-refractivity contribution in [2.45, 2.75) is 206 Å². The maximum absolute atomic E-state index is 12.4. The Balaban J connectivity index is 3.89. The summed E-state index contributed by atoms with van der Waals surface area (Å²) in [6.07, 6.45) is 40.3. The highest BCUT2D eigenvalue weighted by Crippen LogP contribution is 2.15. The van der Waals surface area contributed by atoms with Gasteiger partial charge in [0.25, 0.3) is 10.1 Å². The molecule has 2 unspecified atom stereocenters. The van der Waals surface area contributed by atoms with E-state index in [1.54, 1.807) is 6.08 Å². The summed E-state index contributed by atoms with van der Waals surface area (Å²) in [6, 6.07) is -1.06. The first-order chi connectivity index (χ1) is 21.8. The lowest BCUT2D eigenvalue weighted by Crippen LogP contribution is -2.46. The van der Waals surface area contributed by atoms with E-state index in [9.17, 15) is 22.9 Å². The van der Waals surface area contributed by atoms with Gasteiger partial charge in [-0.1, -0.05) is 173 Å². The maximum Gasteiger partial charge on any atom is 0.267 e. The smallest absolute Gasteiger partial charge is 0.267 e. The zero-order valence-corrected chi connectivity index (χ0v) is 30.3. The highest BCUT2D eigenvalue weighted by molar-refractivity contribution is 7.85. The highest BCUT2D eigenvalue weighted by Gasteiger charge is 2.24. The van der Waals surface area contributed by atoms with Crippen LogP contribution >= 0.6 is 0 Å². The minimum absolute atomic E-state index is 0.286. The second-order valence-corrected chi connectivity index (χ2v) is 14.7. The molecule has 7 heteroatoms. The standard InChI is InChI=1S/C38H73NO5S/c1-3-5-7-9-11-13-15-16-17-18-19-20-21-22-23-24-25-27-29-31-33-37(40)36(35-45(42,43)44)39-38(41)34-32-30-28-26-14-12-10-8-6-4-2/h8,10,31,33,36-37,40H,3-7,9,11-30,32,34-35H2,1-2H3,(H,39,41)(H,42,43,44)/b10-8-,33-31+. The molecule has 0 bridgehead atoms. The van der Waals surface area contributed by atoms with Crippen LogP contribution in [0.5, 0.6) is 0 Å². The Morgan fingerprint density at radius 3 is 1.42 bits per heavy atom. The van der Waals surface area contributed by atoms with Gasteiger partial charge in [-0.05, 0) is 38.5 Å². The summed E-state index contributed by atoms with van der Waals surface area (Å²) < 4.78 is 32.3. The van der Waals surface area contributed by atoms with Crippen LogP contribution in [0.1, 0.15) is 194 Å². The summed E-state index contributed by atoms with van der Waals surface area (Å²) in [5.41, 5.74) is 0. The maximum atomic E-state index is 12.4. The van der Waals surface area contributed by atoms with Gasteiger partial charge in [-0.3, -0.25) is 9.35 Å². The lowest BCUT2D eigenvalue weighted by atomic mass is 10.0. The fourth-order valence-electron chi connectivity index (χ4n) is 5.75. The molecule has 45 heavy (non-hydrogen) atoms. The average Bonchev–Trinajstić information content (AvgIpc) is 3.00. The molecule has 0 spiro atoms. The number of allylic oxidation sites excluding steroid dienone is 3. The molecule has 0 aliphatic rings. The van der Waals surface area contributed by atoms with Gasteiger partial charge in [-0.15, -0.1) is 0 Å². The van der Waals surface area contributed by atoms with Crippen LogP contribution in [-0.4, -0.2) is 41.9 Å². The van der Waals surface area contributed by atoms with Crippen molar-refractivity contribution in [3.8, 4) is 0 Å². The third-order valence-electron chi connectivity index (χ3n) is 8.60. The van der Waals surface area contributed by atoms with E-state index in [4.69, 9.17) is 0 Å². The molecule has 0 radical (unpaired) electrons. The molecule has 0 aliphatic carbocycles. The number of unbranched alkanes of at least 4 members (excludes halogenated alkanes) is 24. The number of nitrogens with one attached hydrogen (secondary N) is 1. The van der Waals surface area contributed by atoms with Crippen molar-refractivity contribution in [1.82, 2.24) is 5.32 Å². The summed E-state index contributed by atoms with van der Waals surface area (Å²) in [4.78, 5) is 12.4. The summed E-state index contributed by atoms with van der Waals surface area (Å²) in [6.45, 7) is 4.45. The van der Waals surface area contributed by atoms with Crippen LogP contribution in [-0.2, 0) is 14.9 Å². The molecule has 266 valence electrons. The van der Waals surface area contributed by atoms with Crippen molar-refractivity contribution in [3.63, 3.8) is 0 Å². The molecular weight excluding hydrogens is 582 g/mol. The Morgan fingerprint density at radius 2 is 0.978 bits per heavy atom. The van der Waals surface area contributed by atoms with E-state index >= 15 is 0 Å². The summed E-state index contributed by atoms with van der Waals surface area (Å²) in [7, 11) is -4.34. The Hall–Kier alpha value is -1.18. The molecule has 0 rings (SSSR count). The minimum atomic E-state index is -4.34. The number of hydrogen-bond donors (Lipinski definition) is 3. The Kier molecular flexibility index (Phi) is 31.9. The molecule has 0 aromatic carbocycles. The number of hydrogen-bond acceptors (Lipinski definition) is 4. The van der Waals surface area contributed by atoms with E-state index in [0.29, 0.717) is 0 Å². The normalized spacial score (nSPS) is 13.6. The van der Waals surface area contributed by atoms with E-state index in [1.165, 1.54) is 109 Å². The molecule has 0 saturated carbocycles. The van der Waals surface area contributed by atoms with E-state index in [2.05, 4.69) is 31.3 Å². The summed E-state index contributed by atoms with van der Waals surface area (Å²) >= 11 is 0. The van der Waals surface area contributed by atoms with E-state index < -0.39 is 28.0 Å². The van der Waals surface area contributed by atoms with Crippen LogP contribution in [0.3, 0.4) is 0 Å². The molecule has 0 aliphatic heterocycles. The largest absolute Gasteiger partial charge is 0.387 e. The molecule has 1 amide bonds. The van der Waals surface area contributed by atoms with Gasteiger partial charge in [0.15, 0.2) is 0 Å². The van der Waals surface area contributed by atoms with Gasteiger partial charge in [0.05, 0.1) is 17.9 Å². The van der Waals surface area contributed by atoms with Gasteiger partial charge in [0.2, 0.25) is 5.91 Å². The number of aliphatic hydroxyl groups excluding tert-OH is 1. The van der Waals surface area contributed by atoms with Crippen molar-refractivity contribution < 1.29 is 22.9 Å². The number of carbonyl (C=O) groups is 1. The van der Waals surface area contributed by atoms with Gasteiger partial charge < -0.3 is 10.4 Å². The van der Waals surface area contributed by atoms with Crippen LogP contribution < -0.4 is 5.32 Å². The minimum Gasteiger partial charge on any atom is -0.387 e. The zero-order chi connectivity index (χ0) is 33.3. The van der Waals surface area contributed by atoms with Crippen LogP contribution in [0.2, 0.25) is 0 Å². The van der Waals surface area contributed by atoms with Crippen LogP contribution in [0.4, 0.5) is 0 Å². The van der Waals surface area contributed by atoms with Crippen LogP contribution in [0.25, 0.3) is 0 Å². The third-order valence-corrected chi connectivity index (χ3v) is 9.38. The Morgan fingerprint density at radius 1 is 0.578 bits per heavy atom. The highest BCUT2D eigenvalue weighted by atomic mass is 32.2. The lowest BCUT2D eigenvalue weighted by Gasteiger charge is -2.21. The van der Waals surface area contributed by atoms with Crippen LogP contribution in [0.15, 0.2) is 24.3 Å². The lowest BCUT2D eigenvalue weighted by molar-refractivity contribution is -0.122. The quantitative estimate of drug-likeness (QED) is 0.0363. The second kappa shape index (κ2) is 32.7. The topological polar surface area (TPSA) is 104 Å². The van der Waals surface area contributed by atoms with Gasteiger partial charge in [-0.2, -0.15) is 8.42 Å². The number of amides is 1. The van der Waals surface area contributed by atoms with Crippen molar-refractivity contribution in [2.75, 3.05) is 5.75 Å². The second-order valence-electron chi connectivity index (χ2n) is 13.2. The first kappa shape index (κ1) is 43.8. The van der Waals surface area contributed by atoms with E-state index in [0.717, 1.165) is 64.2 Å². The summed E-state index contributed by atoms with van der Waals surface area (Å²) in [5, 5.41) is 13.2. The predicted molar refractivity (Wildman–Crippen MR) is 193 cm³/mol. The number of carbonyl (C=O) groups excluding carboxylic acids is 1. The molecule has 0 aromatic heterocycles. The first-order valence-corrected chi connectivity index (χ1v) is 20.6. The predicted octanol–water partition coefficient (Wildman–Crippen LogP) is 10.8. The molecule has 6 nitrogen and oxygen atoms in total. The van der Waals surface area contributed by atoms with E-state index in [-0.39, 0.29) is 12.3 Å².